The molecule has 0 aromatic carbocycles. The van der Waals surface area contributed by atoms with Crippen molar-refractivity contribution in [3.05, 3.63) is 25.3 Å². The van der Waals surface area contributed by atoms with E-state index in [1.54, 1.807) is 0 Å². The number of allylic oxidation sites excluding steroid dienone is 2. The van der Waals surface area contributed by atoms with Crippen LogP contribution < -0.4 is 5.32 Å². The van der Waals surface area contributed by atoms with E-state index in [4.69, 9.17) is 0 Å². The topological polar surface area (TPSA) is 12.0 Å². The molecule has 0 heterocycles. The molecule has 0 aliphatic rings. The number of hydrogen-bond donors (Lipinski definition) is 1. The van der Waals surface area contributed by atoms with Crippen molar-refractivity contribution in [2.75, 3.05) is 13.1 Å². The van der Waals surface area contributed by atoms with Crippen molar-refractivity contribution >= 4 is 0 Å². The van der Waals surface area contributed by atoms with Crippen molar-refractivity contribution in [2.24, 2.45) is 0 Å². The van der Waals surface area contributed by atoms with Gasteiger partial charge in [-0.3, -0.25) is 0 Å². The molecule has 0 amide bonds. The highest BCUT2D eigenvalue weighted by Crippen LogP contribution is 2.08. The highest BCUT2D eigenvalue weighted by atomic mass is 14.8. The minimum Gasteiger partial charge on any atom is -0.317 e. The van der Waals surface area contributed by atoms with Crippen LogP contribution >= 0.6 is 0 Å². The second kappa shape index (κ2) is 19.4. The molecule has 1 nitrogen and oxygen atoms in total. The summed E-state index contributed by atoms with van der Waals surface area (Å²) >= 11 is 0. The van der Waals surface area contributed by atoms with Crippen LogP contribution in [0.2, 0.25) is 0 Å². The summed E-state index contributed by atoms with van der Waals surface area (Å²) in [5, 5.41) is 3.58. The molecule has 0 saturated heterocycles. The van der Waals surface area contributed by atoms with E-state index in [9.17, 15) is 0 Å². The molecule has 1 heteroatoms. The van der Waals surface area contributed by atoms with E-state index in [0.717, 1.165) is 0 Å². The van der Waals surface area contributed by atoms with E-state index in [1.165, 1.54) is 103 Å². The first-order valence-electron chi connectivity index (χ1n) is 9.34. The Kier molecular flexibility index (Phi) is 18.9. The Morgan fingerprint density at radius 2 is 0.810 bits per heavy atom. The van der Waals surface area contributed by atoms with Crippen LogP contribution in [0.3, 0.4) is 0 Å². The molecule has 0 aliphatic heterocycles. The lowest BCUT2D eigenvalue weighted by molar-refractivity contribution is 0.540. The zero-order chi connectivity index (χ0) is 15.4. The first-order valence-corrected chi connectivity index (χ1v) is 9.34. The molecule has 0 unspecified atom stereocenters. The second-order valence-corrected chi connectivity index (χ2v) is 6.15. The maximum Gasteiger partial charge on any atom is -0.00489 e. The Balaban J connectivity index is 2.93. The molecular formula is C20H39N. The third-order valence-electron chi connectivity index (χ3n) is 4.02. The zero-order valence-electron chi connectivity index (χ0n) is 14.4. The molecular weight excluding hydrogens is 254 g/mol. The van der Waals surface area contributed by atoms with Crippen molar-refractivity contribution in [3.63, 3.8) is 0 Å². The Hall–Kier alpha value is -0.560. The lowest BCUT2D eigenvalue weighted by Gasteiger charge is -2.05. The maximum atomic E-state index is 3.76. The molecule has 0 radical (unpaired) electrons. The summed E-state index contributed by atoms with van der Waals surface area (Å²) in [6.07, 6.45) is 23.0. The maximum absolute atomic E-state index is 3.76. The van der Waals surface area contributed by atoms with Gasteiger partial charge >= 0.3 is 0 Å². The van der Waals surface area contributed by atoms with Gasteiger partial charge in [0.05, 0.1) is 0 Å². The van der Waals surface area contributed by atoms with Crippen LogP contribution in [-0.2, 0) is 0 Å². The van der Waals surface area contributed by atoms with Crippen molar-refractivity contribution in [1.29, 1.82) is 0 Å². The number of unbranched alkanes of at least 4 members (excludes halogenated alkanes) is 12. The fourth-order valence-electron chi connectivity index (χ4n) is 2.62. The molecule has 124 valence electrons. The average molecular weight is 294 g/mol. The van der Waals surface area contributed by atoms with Gasteiger partial charge in [-0.15, -0.1) is 13.2 Å². The van der Waals surface area contributed by atoms with Crippen LogP contribution in [0.1, 0.15) is 89.9 Å². The first kappa shape index (κ1) is 20.4. The van der Waals surface area contributed by atoms with Gasteiger partial charge < -0.3 is 5.32 Å². The van der Waals surface area contributed by atoms with E-state index in [1.807, 2.05) is 12.2 Å². The van der Waals surface area contributed by atoms with Gasteiger partial charge in [-0.05, 0) is 51.6 Å². The smallest absolute Gasteiger partial charge is 0.00489 e. The summed E-state index contributed by atoms with van der Waals surface area (Å²) in [4.78, 5) is 0. The van der Waals surface area contributed by atoms with Crippen LogP contribution in [0.15, 0.2) is 25.3 Å². The first-order chi connectivity index (χ1) is 10.4. The fraction of sp³-hybridized carbons (Fsp3) is 0.800. The molecule has 0 aromatic heterocycles. The van der Waals surface area contributed by atoms with Crippen molar-refractivity contribution in [1.82, 2.24) is 5.32 Å². The Labute approximate surface area is 134 Å². The molecule has 0 rings (SSSR count). The molecule has 0 aromatic rings. The van der Waals surface area contributed by atoms with Crippen LogP contribution in [0, 0.1) is 0 Å². The van der Waals surface area contributed by atoms with Crippen LogP contribution in [0.4, 0.5) is 0 Å². The van der Waals surface area contributed by atoms with Gasteiger partial charge in [0.2, 0.25) is 0 Å². The molecule has 0 fully saturated rings. The minimum absolute atomic E-state index is 1.19. The Bertz CT molecular complexity index is 188. The predicted octanol–water partition coefficient (Wildman–Crippen LogP) is 6.41. The van der Waals surface area contributed by atoms with Gasteiger partial charge in [0.25, 0.3) is 0 Å². The fourth-order valence-corrected chi connectivity index (χ4v) is 2.62. The van der Waals surface area contributed by atoms with Crippen LogP contribution in [0.25, 0.3) is 0 Å². The summed E-state index contributed by atoms with van der Waals surface area (Å²) in [6.45, 7) is 9.95. The van der Waals surface area contributed by atoms with Gasteiger partial charge in [-0.25, -0.2) is 0 Å². The quantitative estimate of drug-likeness (QED) is 0.227. The average Bonchev–Trinajstić information content (AvgIpc) is 2.50. The zero-order valence-corrected chi connectivity index (χ0v) is 14.4. The van der Waals surface area contributed by atoms with E-state index < -0.39 is 0 Å². The summed E-state index contributed by atoms with van der Waals surface area (Å²) < 4.78 is 0. The van der Waals surface area contributed by atoms with Crippen molar-refractivity contribution < 1.29 is 0 Å². The van der Waals surface area contributed by atoms with Gasteiger partial charge in [-0.2, -0.15) is 0 Å². The SMILES string of the molecule is C=CCCCCCCCCNCCCCCCCCC=C. The lowest BCUT2D eigenvalue weighted by atomic mass is 10.1. The monoisotopic (exact) mass is 293 g/mol. The molecule has 0 atom stereocenters. The minimum atomic E-state index is 1.19. The summed E-state index contributed by atoms with van der Waals surface area (Å²) in [6, 6.07) is 0. The van der Waals surface area contributed by atoms with Gasteiger partial charge in [0.1, 0.15) is 0 Å². The standard InChI is InChI=1S/C20H39N/c1-3-5-7-9-11-13-15-17-19-21-20-18-16-14-12-10-8-6-4-2/h3-4,21H,1-2,5-20H2. The van der Waals surface area contributed by atoms with E-state index >= 15 is 0 Å². The van der Waals surface area contributed by atoms with Gasteiger partial charge in [-0.1, -0.05) is 63.5 Å². The predicted molar refractivity (Wildman–Crippen MR) is 97.9 cm³/mol. The summed E-state index contributed by atoms with van der Waals surface area (Å²) in [7, 11) is 0. The van der Waals surface area contributed by atoms with Crippen molar-refractivity contribution in [3.8, 4) is 0 Å². The highest BCUT2D eigenvalue weighted by Gasteiger charge is 1.93. The molecule has 0 aliphatic carbocycles. The number of hydrogen-bond acceptors (Lipinski definition) is 1. The second-order valence-electron chi connectivity index (χ2n) is 6.15. The summed E-state index contributed by atoms with van der Waals surface area (Å²) in [5.74, 6) is 0. The summed E-state index contributed by atoms with van der Waals surface area (Å²) in [5.41, 5.74) is 0. The van der Waals surface area contributed by atoms with Crippen LogP contribution in [-0.4, -0.2) is 13.1 Å². The highest BCUT2D eigenvalue weighted by molar-refractivity contribution is 4.66. The van der Waals surface area contributed by atoms with E-state index in [0.29, 0.717) is 0 Å². The molecule has 1 N–H and O–H groups in total. The number of rotatable bonds is 18. The van der Waals surface area contributed by atoms with Gasteiger partial charge in [0, 0.05) is 0 Å². The lowest BCUT2D eigenvalue weighted by Crippen LogP contribution is -2.16. The van der Waals surface area contributed by atoms with E-state index in [-0.39, 0.29) is 0 Å². The Morgan fingerprint density at radius 1 is 0.476 bits per heavy atom. The third kappa shape index (κ3) is 19.4. The molecule has 0 bridgehead atoms. The van der Waals surface area contributed by atoms with E-state index in [2.05, 4.69) is 18.5 Å². The van der Waals surface area contributed by atoms with Crippen molar-refractivity contribution in [2.45, 2.75) is 89.9 Å². The Morgan fingerprint density at radius 3 is 1.19 bits per heavy atom. The largest absolute Gasteiger partial charge is 0.317 e. The molecule has 0 spiro atoms. The van der Waals surface area contributed by atoms with Gasteiger partial charge in [0.15, 0.2) is 0 Å². The third-order valence-corrected chi connectivity index (χ3v) is 4.02. The van der Waals surface area contributed by atoms with Crippen LogP contribution in [0.5, 0.6) is 0 Å². The normalized spacial score (nSPS) is 10.7. The number of nitrogens with one attached hydrogen (secondary N) is 1. The molecule has 21 heavy (non-hydrogen) atoms. The molecule has 0 saturated carbocycles.